The molecule has 1 aromatic rings. The Hall–Kier alpha value is -1.06. The molecule has 2 aliphatic heterocycles. The Balaban J connectivity index is 1.86. The average Bonchev–Trinajstić information content (AvgIpc) is 2.40. The number of carbonyl (C=O) groups is 1. The van der Waals surface area contributed by atoms with Gasteiger partial charge in [-0.2, -0.15) is 0 Å². The summed E-state index contributed by atoms with van der Waals surface area (Å²) in [4.78, 5) is 12.4. The second-order valence-corrected chi connectivity index (χ2v) is 6.20. The number of rotatable bonds is 2. The number of fused-ring (bicyclic) bond motifs is 1. The monoisotopic (exact) mass is 294 g/mol. The summed E-state index contributed by atoms with van der Waals surface area (Å²) in [5.41, 5.74) is 0.234. The van der Waals surface area contributed by atoms with E-state index in [0.29, 0.717) is 29.4 Å². The van der Waals surface area contributed by atoms with Gasteiger partial charge in [-0.25, -0.2) is 0 Å². The predicted molar refractivity (Wildman–Crippen MR) is 77.6 cm³/mol. The number of ether oxygens (including phenoxy) is 2. The van der Waals surface area contributed by atoms with Crippen LogP contribution in [0.4, 0.5) is 0 Å². The molecule has 2 aliphatic rings. The molecule has 0 radical (unpaired) electrons. The van der Waals surface area contributed by atoms with E-state index in [1.807, 2.05) is 0 Å². The number of Topliss-reactive ketones (excluding diaryl/α,β-unsaturated/α-hetero) is 1. The zero-order valence-electron chi connectivity index (χ0n) is 11.7. The molecule has 2 atom stereocenters. The topological polar surface area (TPSA) is 35.5 Å². The molecule has 0 aliphatic carbocycles. The second-order valence-electron chi connectivity index (χ2n) is 5.76. The van der Waals surface area contributed by atoms with Gasteiger partial charge >= 0.3 is 0 Å². The molecule has 20 heavy (non-hydrogen) atoms. The summed E-state index contributed by atoms with van der Waals surface area (Å²) in [6.45, 7) is 2.82. The van der Waals surface area contributed by atoms with E-state index in [0.717, 1.165) is 25.7 Å². The molecule has 1 saturated heterocycles. The number of ketones is 1. The first-order valence-corrected chi connectivity index (χ1v) is 7.63. The number of hydrogen-bond donors (Lipinski definition) is 0. The summed E-state index contributed by atoms with van der Waals surface area (Å²) in [7, 11) is 0. The van der Waals surface area contributed by atoms with Crippen molar-refractivity contribution in [2.24, 2.45) is 0 Å². The molecule has 2 heterocycles. The third-order valence-corrected chi connectivity index (χ3v) is 4.41. The van der Waals surface area contributed by atoms with Gasteiger partial charge in [0.05, 0.1) is 24.7 Å². The van der Waals surface area contributed by atoms with Crippen LogP contribution in [-0.4, -0.2) is 24.1 Å². The summed E-state index contributed by atoms with van der Waals surface area (Å²) in [6, 6.07) is 5.28. The number of benzene rings is 1. The summed E-state index contributed by atoms with van der Waals surface area (Å²) >= 11 is 5.96. The van der Waals surface area contributed by atoms with Crippen molar-refractivity contribution in [2.45, 2.75) is 50.7 Å². The lowest BCUT2D eigenvalue weighted by molar-refractivity contribution is -0.0937. The van der Waals surface area contributed by atoms with Crippen LogP contribution in [0.2, 0.25) is 5.02 Å². The zero-order valence-corrected chi connectivity index (χ0v) is 12.4. The highest BCUT2D eigenvalue weighted by Gasteiger charge is 2.44. The summed E-state index contributed by atoms with van der Waals surface area (Å²) in [5, 5.41) is 0.576. The Labute approximate surface area is 124 Å². The molecule has 0 amide bonds. The van der Waals surface area contributed by atoms with Gasteiger partial charge in [0.15, 0.2) is 5.78 Å². The highest BCUT2D eigenvalue weighted by Crippen LogP contribution is 2.41. The molecule has 1 aromatic carbocycles. The predicted octanol–water partition coefficient (Wildman–Crippen LogP) is 4.02. The Morgan fingerprint density at radius 2 is 2.30 bits per heavy atom. The van der Waals surface area contributed by atoms with E-state index in [2.05, 4.69) is 6.92 Å². The molecular weight excluding hydrogens is 276 g/mol. The molecule has 1 fully saturated rings. The fourth-order valence-corrected chi connectivity index (χ4v) is 3.39. The van der Waals surface area contributed by atoms with E-state index in [1.165, 1.54) is 0 Å². The molecule has 0 bridgehead atoms. The van der Waals surface area contributed by atoms with Crippen molar-refractivity contribution in [1.82, 2.24) is 0 Å². The third kappa shape index (κ3) is 2.57. The molecule has 3 nitrogen and oxygen atoms in total. The molecule has 108 valence electrons. The minimum Gasteiger partial charge on any atom is -0.486 e. The van der Waals surface area contributed by atoms with Gasteiger partial charge < -0.3 is 9.47 Å². The van der Waals surface area contributed by atoms with Crippen molar-refractivity contribution in [2.75, 3.05) is 6.61 Å². The summed E-state index contributed by atoms with van der Waals surface area (Å²) in [5.74, 6) is 0.800. The van der Waals surface area contributed by atoms with Crippen molar-refractivity contribution in [3.05, 3.63) is 28.8 Å². The minimum absolute atomic E-state index is 0.130. The molecule has 2 unspecified atom stereocenters. The largest absolute Gasteiger partial charge is 0.486 e. The third-order valence-electron chi connectivity index (χ3n) is 4.17. The van der Waals surface area contributed by atoms with Gasteiger partial charge in [-0.3, -0.25) is 4.79 Å². The zero-order chi connectivity index (χ0) is 14.2. The molecule has 0 N–H and O–H groups in total. The van der Waals surface area contributed by atoms with Crippen molar-refractivity contribution < 1.29 is 14.3 Å². The van der Waals surface area contributed by atoms with E-state index in [-0.39, 0.29) is 17.5 Å². The lowest BCUT2D eigenvalue weighted by atomic mass is 9.81. The number of hydrogen-bond acceptors (Lipinski definition) is 3. The van der Waals surface area contributed by atoms with Crippen LogP contribution in [0.5, 0.6) is 5.75 Å². The highest BCUT2D eigenvalue weighted by atomic mass is 35.5. The molecule has 3 rings (SSSR count). The van der Waals surface area contributed by atoms with E-state index in [1.54, 1.807) is 18.2 Å². The SMILES string of the molecule is CCCC1CC2(CCO1)CC(=O)c1cc(Cl)ccc1O2. The molecule has 1 spiro atoms. The van der Waals surface area contributed by atoms with E-state index in [9.17, 15) is 4.79 Å². The standard InChI is InChI=1S/C16H19ClO3/c1-2-3-12-9-16(6-7-19-12)10-14(18)13-8-11(17)4-5-15(13)20-16/h4-5,8,12H,2-3,6-7,9-10H2,1H3. The van der Waals surface area contributed by atoms with Crippen molar-refractivity contribution in [1.29, 1.82) is 0 Å². The Morgan fingerprint density at radius 3 is 3.10 bits per heavy atom. The van der Waals surface area contributed by atoms with Crippen LogP contribution in [0.3, 0.4) is 0 Å². The van der Waals surface area contributed by atoms with Crippen LogP contribution in [0.15, 0.2) is 18.2 Å². The first kappa shape index (κ1) is 13.9. The first-order chi connectivity index (χ1) is 9.62. The maximum absolute atomic E-state index is 12.4. The van der Waals surface area contributed by atoms with Gasteiger partial charge in [0.25, 0.3) is 0 Å². The first-order valence-electron chi connectivity index (χ1n) is 7.25. The van der Waals surface area contributed by atoms with Crippen LogP contribution < -0.4 is 4.74 Å². The Morgan fingerprint density at radius 1 is 1.45 bits per heavy atom. The van der Waals surface area contributed by atoms with Crippen LogP contribution in [-0.2, 0) is 4.74 Å². The maximum Gasteiger partial charge on any atom is 0.170 e. The minimum atomic E-state index is -0.379. The fourth-order valence-electron chi connectivity index (χ4n) is 3.21. The number of halogens is 1. The van der Waals surface area contributed by atoms with Crippen LogP contribution in [0.25, 0.3) is 0 Å². The van der Waals surface area contributed by atoms with Crippen LogP contribution in [0, 0.1) is 0 Å². The maximum atomic E-state index is 12.4. The molecule has 0 saturated carbocycles. The van der Waals surface area contributed by atoms with Gasteiger partial charge in [0, 0.05) is 17.9 Å². The van der Waals surface area contributed by atoms with Crippen molar-refractivity contribution >= 4 is 17.4 Å². The quantitative estimate of drug-likeness (QED) is 0.826. The fraction of sp³-hybridized carbons (Fsp3) is 0.562. The lowest BCUT2D eigenvalue weighted by Gasteiger charge is -2.43. The van der Waals surface area contributed by atoms with E-state index in [4.69, 9.17) is 21.1 Å². The van der Waals surface area contributed by atoms with Crippen molar-refractivity contribution in [3.63, 3.8) is 0 Å². The number of carbonyl (C=O) groups excluding carboxylic acids is 1. The van der Waals surface area contributed by atoms with Gasteiger partial charge in [-0.05, 0) is 24.6 Å². The molecule has 0 aromatic heterocycles. The van der Waals surface area contributed by atoms with Gasteiger partial charge in [0.1, 0.15) is 11.4 Å². The van der Waals surface area contributed by atoms with Gasteiger partial charge in [0.2, 0.25) is 0 Å². The lowest BCUT2D eigenvalue weighted by Crippen LogP contribution is -2.49. The van der Waals surface area contributed by atoms with Crippen LogP contribution in [0.1, 0.15) is 49.4 Å². The second kappa shape index (κ2) is 5.38. The van der Waals surface area contributed by atoms with Gasteiger partial charge in [-0.1, -0.05) is 24.9 Å². The normalized spacial score (nSPS) is 29.1. The summed E-state index contributed by atoms with van der Waals surface area (Å²) in [6.07, 6.45) is 4.32. The van der Waals surface area contributed by atoms with E-state index >= 15 is 0 Å². The highest BCUT2D eigenvalue weighted by molar-refractivity contribution is 6.31. The average molecular weight is 295 g/mol. The summed E-state index contributed by atoms with van der Waals surface area (Å²) < 4.78 is 12.0. The smallest absolute Gasteiger partial charge is 0.170 e. The Kier molecular flexibility index (Phi) is 3.74. The van der Waals surface area contributed by atoms with Crippen molar-refractivity contribution in [3.8, 4) is 5.75 Å². The molecule has 4 heteroatoms. The molecular formula is C16H19ClO3. The van der Waals surface area contributed by atoms with E-state index < -0.39 is 0 Å². The Bertz CT molecular complexity index is 526. The van der Waals surface area contributed by atoms with Crippen LogP contribution >= 0.6 is 11.6 Å². The van der Waals surface area contributed by atoms with Gasteiger partial charge in [-0.15, -0.1) is 0 Å².